The Morgan fingerprint density at radius 1 is 1.11 bits per heavy atom. The van der Waals surface area contributed by atoms with Gasteiger partial charge in [-0.3, -0.25) is 4.79 Å². The summed E-state index contributed by atoms with van der Waals surface area (Å²) in [4.78, 5) is 30.1. The lowest BCUT2D eigenvalue weighted by Gasteiger charge is -2.27. The lowest BCUT2D eigenvalue weighted by molar-refractivity contribution is 0.0726. The highest BCUT2D eigenvalue weighted by atomic mass is 16.5. The van der Waals surface area contributed by atoms with Crippen molar-refractivity contribution in [1.29, 1.82) is 0 Å². The molecule has 0 bridgehead atoms. The molecule has 4 heterocycles. The lowest BCUT2D eigenvalue weighted by Crippen LogP contribution is -2.38. The van der Waals surface area contributed by atoms with Gasteiger partial charge in [0, 0.05) is 43.9 Å². The van der Waals surface area contributed by atoms with Crippen LogP contribution in [0, 0.1) is 0 Å². The summed E-state index contributed by atoms with van der Waals surface area (Å²) in [6, 6.07) is 0. The highest BCUT2D eigenvalue weighted by molar-refractivity contribution is 5.93. The molecule has 0 unspecified atom stereocenters. The molecular formula is C19H25N5O3. The summed E-state index contributed by atoms with van der Waals surface area (Å²) in [7, 11) is 0. The molecule has 8 nitrogen and oxygen atoms in total. The molecule has 0 radical (unpaired) electrons. The van der Waals surface area contributed by atoms with Crippen LogP contribution in [0.25, 0.3) is 0 Å². The number of hydrogen-bond acceptors (Lipinski definition) is 7. The number of hydrogen-bond donors (Lipinski definition) is 0. The molecule has 2 aliphatic heterocycles. The summed E-state index contributed by atoms with van der Waals surface area (Å²) < 4.78 is 11.2. The van der Waals surface area contributed by atoms with Crippen molar-refractivity contribution in [3.8, 4) is 0 Å². The van der Waals surface area contributed by atoms with Crippen LogP contribution < -0.4 is 4.90 Å². The lowest BCUT2D eigenvalue weighted by atomic mass is 9.97. The van der Waals surface area contributed by atoms with Gasteiger partial charge >= 0.3 is 0 Å². The van der Waals surface area contributed by atoms with E-state index in [4.69, 9.17) is 9.15 Å². The van der Waals surface area contributed by atoms with Crippen molar-refractivity contribution in [3.63, 3.8) is 0 Å². The predicted octanol–water partition coefficient (Wildman–Crippen LogP) is 1.80. The van der Waals surface area contributed by atoms with Gasteiger partial charge in [-0.2, -0.15) is 0 Å². The first-order chi connectivity index (χ1) is 12.9. The van der Waals surface area contributed by atoms with E-state index in [1.54, 1.807) is 17.3 Å². The largest absolute Gasteiger partial charge is 0.445 e. The fourth-order valence-electron chi connectivity index (χ4n) is 3.23. The van der Waals surface area contributed by atoms with Crippen LogP contribution in [-0.2, 0) is 23.1 Å². The molecule has 8 heteroatoms. The summed E-state index contributed by atoms with van der Waals surface area (Å²) in [5.41, 5.74) is 1.20. The van der Waals surface area contributed by atoms with E-state index in [1.165, 1.54) is 0 Å². The van der Waals surface area contributed by atoms with Gasteiger partial charge in [0.1, 0.15) is 11.5 Å². The molecule has 1 amide bonds. The summed E-state index contributed by atoms with van der Waals surface area (Å²) in [5.74, 6) is 2.18. The monoisotopic (exact) mass is 371 g/mol. The third-order valence-electron chi connectivity index (χ3n) is 4.84. The van der Waals surface area contributed by atoms with E-state index in [1.807, 2.05) is 0 Å². The van der Waals surface area contributed by atoms with Gasteiger partial charge in [0.2, 0.25) is 5.95 Å². The van der Waals surface area contributed by atoms with Crippen LogP contribution in [0.1, 0.15) is 48.5 Å². The summed E-state index contributed by atoms with van der Waals surface area (Å²) in [6.45, 7) is 10.2. The number of carbonyl (C=O) groups is 1. The summed E-state index contributed by atoms with van der Waals surface area (Å²) in [6.07, 6.45) is 3.90. The molecule has 0 spiro atoms. The number of oxazole rings is 1. The van der Waals surface area contributed by atoms with Gasteiger partial charge in [0.25, 0.3) is 5.91 Å². The summed E-state index contributed by atoms with van der Waals surface area (Å²) in [5, 5.41) is 0. The van der Waals surface area contributed by atoms with Crippen molar-refractivity contribution in [3.05, 3.63) is 35.3 Å². The number of aromatic nitrogens is 3. The molecule has 1 saturated heterocycles. The maximum Gasteiger partial charge on any atom is 0.257 e. The molecule has 2 aliphatic rings. The first kappa shape index (κ1) is 17.9. The van der Waals surface area contributed by atoms with Gasteiger partial charge in [-0.25, -0.2) is 15.0 Å². The first-order valence-corrected chi connectivity index (χ1v) is 9.35. The van der Waals surface area contributed by atoms with Gasteiger partial charge in [-0.15, -0.1) is 0 Å². The van der Waals surface area contributed by atoms with Gasteiger partial charge in [-0.05, 0) is 0 Å². The predicted molar refractivity (Wildman–Crippen MR) is 98.7 cm³/mol. The molecule has 2 aromatic rings. The number of nitrogens with zero attached hydrogens (tertiary/aromatic N) is 5. The molecule has 0 N–H and O–H groups in total. The van der Waals surface area contributed by atoms with E-state index in [-0.39, 0.29) is 11.3 Å². The van der Waals surface area contributed by atoms with E-state index >= 15 is 0 Å². The zero-order chi connectivity index (χ0) is 19.0. The smallest absolute Gasteiger partial charge is 0.257 e. The number of morpholine rings is 1. The zero-order valence-electron chi connectivity index (χ0n) is 16.1. The van der Waals surface area contributed by atoms with Crippen molar-refractivity contribution >= 4 is 11.9 Å². The SMILES string of the molecule is CC(C)(C)c1nc2c(o1)CCN(C(=O)c1cnc(N3CCOCC3)nc1)C2. The number of carbonyl (C=O) groups excluding carboxylic acids is 1. The second-order valence-corrected chi connectivity index (χ2v) is 7.99. The standard InChI is InChI=1S/C19H25N5O3/c1-19(2,3)17-22-14-12-24(5-4-15(14)27-17)16(25)13-10-20-18(21-11-13)23-6-8-26-9-7-23/h10-11H,4-9,12H2,1-3H3. The van der Waals surface area contributed by atoms with Crippen molar-refractivity contribution in [2.24, 2.45) is 0 Å². The molecule has 0 saturated carbocycles. The normalized spacial score (nSPS) is 17.7. The van der Waals surface area contributed by atoms with Crippen LogP contribution >= 0.6 is 0 Å². The topological polar surface area (TPSA) is 84.6 Å². The number of ether oxygens (including phenoxy) is 1. The first-order valence-electron chi connectivity index (χ1n) is 9.35. The third-order valence-corrected chi connectivity index (χ3v) is 4.84. The van der Waals surface area contributed by atoms with E-state index in [2.05, 4.69) is 40.6 Å². The Bertz CT molecular complexity index is 819. The molecule has 1 fully saturated rings. The van der Waals surface area contributed by atoms with Gasteiger partial charge < -0.3 is 19.0 Å². The van der Waals surface area contributed by atoms with Crippen molar-refractivity contribution in [1.82, 2.24) is 19.9 Å². The highest BCUT2D eigenvalue weighted by Crippen LogP contribution is 2.27. The minimum Gasteiger partial charge on any atom is -0.445 e. The molecule has 4 rings (SSSR count). The van der Waals surface area contributed by atoms with Crippen LogP contribution in [0.2, 0.25) is 0 Å². The van der Waals surface area contributed by atoms with Crippen molar-refractivity contribution < 1.29 is 13.9 Å². The van der Waals surface area contributed by atoms with Crippen LogP contribution in [-0.4, -0.2) is 58.6 Å². The van der Waals surface area contributed by atoms with Crippen molar-refractivity contribution in [2.75, 3.05) is 37.7 Å². The van der Waals surface area contributed by atoms with Crippen LogP contribution in [0.5, 0.6) is 0 Å². The quantitative estimate of drug-likeness (QED) is 0.796. The maximum absolute atomic E-state index is 12.9. The molecule has 144 valence electrons. The minimum atomic E-state index is -0.144. The number of rotatable bonds is 2. The Hall–Kier alpha value is -2.48. The average molecular weight is 371 g/mol. The van der Waals surface area contributed by atoms with E-state index in [0.29, 0.717) is 44.2 Å². The van der Waals surface area contributed by atoms with Crippen LogP contribution in [0.15, 0.2) is 16.8 Å². The zero-order valence-corrected chi connectivity index (χ0v) is 16.1. The average Bonchev–Trinajstić information content (AvgIpc) is 3.12. The molecule has 0 aromatic carbocycles. The maximum atomic E-state index is 12.9. The van der Waals surface area contributed by atoms with Crippen LogP contribution in [0.4, 0.5) is 5.95 Å². The third kappa shape index (κ3) is 3.66. The second-order valence-electron chi connectivity index (χ2n) is 7.99. The fraction of sp³-hybridized carbons (Fsp3) is 0.579. The van der Waals surface area contributed by atoms with E-state index < -0.39 is 0 Å². The Morgan fingerprint density at radius 2 is 1.81 bits per heavy atom. The Balaban J connectivity index is 1.46. The van der Waals surface area contributed by atoms with Crippen LogP contribution in [0.3, 0.4) is 0 Å². The Morgan fingerprint density at radius 3 is 2.48 bits per heavy atom. The van der Waals surface area contributed by atoms with Gasteiger partial charge in [0.05, 0.1) is 25.3 Å². The van der Waals surface area contributed by atoms with Gasteiger partial charge in [0.15, 0.2) is 5.89 Å². The molecule has 0 atom stereocenters. The number of fused-ring (bicyclic) bond motifs is 1. The molecular weight excluding hydrogens is 346 g/mol. The van der Waals surface area contributed by atoms with Crippen molar-refractivity contribution in [2.45, 2.75) is 39.2 Å². The minimum absolute atomic E-state index is 0.0745. The Kier molecular flexibility index (Phi) is 4.59. The van der Waals surface area contributed by atoms with E-state index in [0.717, 1.165) is 30.4 Å². The summed E-state index contributed by atoms with van der Waals surface area (Å²) >= 11 is 0. The fourth-order valence-corrected chi connectivity index (χ4v) is 3.23. The highest BCUT2D eigenvalue weighted by Gasteiger charge is 2.29. The second kappa shape index (κ2) is 6.92. The molecule has 2 aromatic heterocycles. The Labute approximate surface area is 158 Å². The molecule has 0 aliphatic carbocycles. The number of amides is 1. The van der Waals surface area contributed by atoms with E-state index in [9.17, 15) is 4.79 Å². The molecule has 27 heavy (non-hydrogen) atoms. The van der Waals surface area contributed by atoms with Gasteiger partial charge in [-0.1, -0.05) is 20.8 Å². The number of anilines is 1.